The van der Waals surface area contributed by atoms with Crippen molar-refractivity contribution >= 4 is 11.5 Å². The number of para-hydroxylation sites is 2. The van der Waals surface area contributed by atoms with Crippen molar-refractivity contribution in [3.8, 4) is 23.1 Å². The molecule has 0 amide bonds. The molecule has 1 heterocycles. The minimum Gasteiger partial charge on any atom is -0.503 e. The summed E-state index contributed by atoms with van der Waals surface area (Å²) < 4.78 is 21.6. The van der Waals surface area contributed by atoms with Crippen LogP contribution in [0.1, 0.15) is 5.56 Å². The zero-order valence-corrected chi connectivity index (χ0v) is 15.5. The van der Waals surface area contributed by atoms with Crippen LogP contribution in [0.3, 0.4) is 0 Å². The predicted octanol–water partition coefficient (Wildman–Crippen LogP) is 4.83. The normalized spacial score (nSPS) is 10.9. The molecule has 0 fully saturated rings. The van der Waals surface area contributed by atoms with Crippen LogP contribution in [0.2, 0.25) is 0 Å². The summed E-state index contributed by atoms with van der Waals surface area (Å²) in [6.45, 7) is 0. The summed E-state index contributed by atoms with van der Waals surface area (Å²) in [6.07, 6.45) is 2.90. The van der Waals surface area contributed by atoms with E-state index in [0.29, 0.717) is 28.7 Å². The molecular formula is C22H19NO5. The Morgan fingerprint density at radius 3 is 2.39 bits per heavy atom. The van der Waals surface area contributed by atoms with Crippen LogP contribution in [0, 0.1) is 0 Å². The van der Waals surface area contributed by atoms with Crippen LogP contribution in [0.15, 0.2) is 79.2 Å². The minimum atomic E-state index is -0.535. The summed E-state index contributed by atoms with van der Waals surface area (Å²) in [4.78, 5) is 16.3. The highest BCUT2D eigenvalue weighted by molar-refractivity contribution is 6.17. The molecule has 0 aliphatic carbocycles. The molecule has 0 bridgehead atoms. The van der Waals surface area contributed by atoms with Crippen molar-refractivity contribution in [2.75, 3.05) is 14.2 Å². The molecule has 6 nitrogen and oxygen atoms in total. The first-order valence-corrected chi connectivity index (χ1v) is 8.48. The number of hydrogen-bond acceptors (Lipinski definition) is 6. The second-order valence-corrected chi connectivity index (χ2v) is 5.60. The maximum atomic E-state index is 12.1. The summed E-state index contributed by atoms with van der Waals surface area (Å²) >= 11 is 0. The van der Waals surface area contributed by atoms with Gasteiger partial charge in [0.25, 0.3) is 0 Å². The van der Waals surface area contributed by atoms with Gasteiger partial charge in [-0.1, -0.05) is 36.4 Å². The van der Waals surface area contributed by atoms with Gasteiger partial charge in [-0.05, 0) is 24.3 Å². The maximum absolute atomic E-state index is 12.1. The van der Waals surface area contributed by atoms with Gasteiger partial charge in [0.1, 0.15) is 22.8 Å². The molecule has 6 heteroatoms. The molecule has 3 rings (SSSR count). The first-order valence-electron chi connectivity index (χ1n) is 8.48. The largest absolute Gasteiger partial charge is 0.503 e. The lowest BCUT2D eigenvalue weighted by molar-refractivity contribution is -0.133. The molecule has 0 spiro atoms. The molecule has 3 aromatic rings. The Labute approximate surface area is 163 Å². The van der Waals surface area contributed by atoms with Gasteiger partial charge in [-0.2, -0.15) is 0 Å². The van der Waals surface area contributed by atoms with Crippen molar-refractivity contribution in [2.45, 2.75) is 0 Å². The van der Waals surface area contributed by atoms with Gasteiger partial charge < -0.3 is 18.9 Å². The molecule has 0 aliphatic heterocycles. The predicted molar refractivity (Wildman–Crippen MR) is 104 cm³/mol. The van der Waals surface area contributed by atoms with Crippen molar-refractivity contribution in [3.63, 3.8) is 0 Å². The topological polar surface area (TPSA) is 66.9 Å². The molecule has 1 aromatic heterocycles. The number of ether oxygens (including phenoxy) is 4. The van der Waals surface area contributed by atoms with E-state index >= 15 is 0 Å². The Kier molecular flexibility index (Phi) is 6.25. The van der Waals surface area contributed by atoms with Gasteiger partial charge in [0.15, 0.2) is 0 Å². The van der Waals surface area contributed by atoms with Crippen molar-refractivity contribution in [1.82, 2.24) is 4.98 Å². The number of carbonyl (C=O) groups excluding carboxylic acids is 1. The monoisotopic (exact) mass is 377 g/mol. The first kappa shape index (κ1) is 19.0. The third-order valence-electron chi connectivity index (χ3n) is 3.72. The SMILES string of the molecule is CO/C=C(/C(=O)OC)c1ccccc1Oc1cc(Oc2ccccc2)ccn1. The smallest absolute Gasteiger partial charge is 0.341 e. The number of rotatable bonds is 7. The number of aromatic nitrogens is 1. The van der Waals surface area contributed by atoms with Crippen LogP contribution in [0.5, 0.6) is 23.1 Å². The molecule has 0 saturated carbocycles. The first-order chi connectivity index (χ1) is 13.7. The number of pyridine rings is 1. The molecule has 0 atom stereocenters. The summed E-state index contributed by atoms with van der Waals surface area (Å²) in [5.41, 5.74) is 0.754. The second-order valence-electron chi connectivity index (χ2n) is 5.60. The van der Waals surface area contributed by atoms with E-state index in [9.17, 15) is 4.79 Å². The third kappa shape index (κ3) is 4.67. The van der Waals surface area contributed by atoms with Crippen LogP contribution in [0.4, 0.5) is 0 Å². The second kappa shape index (κ2) is 9.23. The lowest BCUT2D eigenvalue weighted by Gasteiger charge is -2.13. The number of carbonyl (C=O) groups is 1. The highest BCUT2D eigenvalue weighted by atomic mass is 16.5. The van der Waals surface area contributed by atoms with E-state index in [-0.39, 0.29) is 5.57 Å². The standard InChI is InChI=1S/C22H19NO5/c1-25-15-19(22(24)26-2)18-10-6-7-11-20(18)28-21-14-17(12-13-23-21)27-16-8-4-3-5-9-16/h3-15H,1-2H3/b19-15+. The Morgan fingerprint density at radius 1 is 0.893 bits per heavy atom. The summed E-state index contributed by atoms with van der Waals surface area (Å²) in [6, 6.07) is 19.9. The minimum absolute atomic E-state index is 0.234. The molecule has 0 aliphatic rings. The Hall–Kier alpha value is -3.80. The Morgan fingerprint density at radius 2 is 1.64 bits per heavy atom. The van der Waals surface area contributed by atoms with E-state index in [4.69, 9.17) is 18.9 Å². The van der Waals surface area contributed by atoms with E-state index in [1.165, 1.54) is 20.5 Å². The fourth-order valence-corrected chi connectivity index (χ4v) is 2.48. The van der Waals surface area contributed by atoms with Crippen molar-refractivity contribution < 1.29 is 23.7 Å². The van der Waals surface area contributed by atoms with Crippen LogP contribution in [-0.2, 0) is 14.3 Å². The van der Waals surface area contributed by atoms with Crippen LogP contribution < -0.4 is 9.47 Å². The average Bonchev–Trinajstić information content (AvgIpc) is 2.73. The molecule has 0 radical (unpaired) electrons. The van der Waals surface area contributed by atoms with Gasteiger partial charge >= 0.3 is 5.97 Å². The van der Waals surface area contributed by atoms with Crippen LogP contribution >= 0.6 is 0 Å². The van der Waals surface area contributed by atoms with Gasteiger partial charge in [-0.3, -0.25) is 0 Å². The molecule has 0 N–H and O–H groups in total. The molecule has 28 heavy (non-hydrogen) atoms. The molecule has 2 aromatic carbocycles. The third-order valence-corrected chi connectivity index (χ3v) is 3.72. The van der Waals surface area contributed by atoms with E-state index in [0.717, 1.165) is 0 Å². The van der Waals surface area contributed by atoms with E-state index in [2.05, 4.69) is 4.98 Å². The fraction of sp³-hybridized carbons (Fsp3) is 0.0909. The Balaban J connectivity index is 1.87. The van der Waals surface area contributed by atoms with Crippen LogP contribution in [-0.4, -0.2) is 25.2 Å². The van der Waals surface area contributed by atoms with E-state index < -0.39 is 5.97 Å². The number of hydrogen-bond donors (Lipinski definition) is 0. The Bertz CT molecular complexity index is 969. The molecular weight excluding hydrogens is 358 g/mol. The molecule has 142 valence electrons. The average molecular weight is 377 g/mol. The van der Waals surface area contributed by atoms with Gasteiger partial charge in [-0.15, -0.1) is 0 Å². The number of esters is 1. The fourth-order valence-electron chi connectivity index (χ4n) is 2.48. The molecule has 0 saturated heterocycles. The quantitative estimate of drug-likeness (QED) is 0.334. The number of methoxy groups -OCH3 is 2. The van der Waals surface area contributed by atoms with Crippen molar-refractivity contribution in [2.24, 2.45) is 0 Å². The summed E-state index contributed by atoms with van der Waals surface area (Å²) in [5, 5.41) is 0. The number of nitrogens with zero attached hydrogens (tertiary/aromatic N) is 1. The van der Waals surface area contributed by atoms with E-state index in [1.54, 1.807) is 42.6 Å². The zero-order chi connectivity index (χ0) is 19.8. The lowest BCUT2D eigenvalue weighted by Crippen LogP contribution is -2.06. The summed E-state index contributed by atoms with van der Waals surface area (Å²) in [5.74, 6) is 1.50. The van der Waals surface area contributed by atoms with Gasteiger partial charge in [0, 0.05) is 17.8 Å². The van der Waals surface area contributed by atoms with Gasteiger partial charge in [-0.25, -0.2) is 9.78 Å². The van der Waals surface area contributed by atoms with Gasteiger partial charge in [0.2, 0.25) is 5.88 Å². The van der Waals surface area contributed by atoms with Crippen molar-refractivity contribution in [1.29, 1.82) is 0 Å². The lowest BCUT2D eigenvalue weighted by atomic mass is 10.1. The summed E-state index contributed by atoms with van der Waals surface area (Å²) in [7, 11) is 2.76. The maximum Gasteiger partial charge on any atom is 0.341 e. The highest BCUT2D eigenvalue weighted by Gasteiger charge is 2.18. The number of benzene rings is 2. The highest BCUT2D eigenvalue weighted by Crippen LogP contribution is 2.32. The molecule has 0 unspecified atom stereocenters. The van der Waals surface area contributed by atoms with Crippen molar-refractivity contribution in [3.05, 3.63) is 84.8 Å². The van der Waals surface area contributed by atoms with Crippen LogP contribution in [0.25, 0.3) is 5.57 Å². The van der Waals surface area contributed by atoms with Gasteiger partial charge in [0.05, 0.1) is 20.5 Å². The van der Waals surface area contributed by atoms with E-state index in [1.807, 2.05) is 30.3 Å². The zero-order valence-electron chi connectivity index (χ0n) is 15.5.